The fourth-order valence-corrected chi connectivity index (χ4v) is 3.20. The SMILES string of the molecule is CCOc1ccc(C(=O)NC(=S)NNC(=O)C(c2ccccc2)c2ccccc2)cc1. The van der Waals surface area contributed by atoms with Crippen LogP contribution in [-0.4, -0.2) is 23.5 Å². The summed E-state index contributed by atoms with van der Waals surface area (Å²) >= 11 is 5.15. The number of rotatable bonds is 6. The van der Waals surface area contributed by atoms with Crippen LogP contribution in [0.4, 0.5) is 0 Å². The van der Waals surface area contributed by atoms with Crippen LogP contribution in [0.2, 0.25) is 0 Å². The second-order valence-electron chi connectivity index (χ2n) is 6.61. The molecule has 2 amide bonds. The lowest BCUT2D eigenvalue weighted by Gasteiger charge is -2.19. The van der Waals surface area contributed by atoms with Crippen molar-refractivity contribution in [1.29, 1.82) is 0 Å². The summed E-state index contributed by atoms with van der Waals surface area (Å²) in [5, 5.41) is 2.54. The number of carbonyl (C=O) groups excluding carboxylic acids is 2. The van der Waals surface area contributed by atoms with Crippen molar-refractivity contribution in [3.63, 3.8) is 0 Å². The topological polar surface area (TPSA) is 79.5 Å². The number of benzene rings is 3. The van der Waals surface area contributed by atoms with Gasteiger partial charge in [-0.15, -0.1) is 0 Å². The van der Waals surface area contributed by atoms with Crippen molar-refractivity contribution < 1.29 is 14.3 Å². The van der Waals surface area contributed by atoms with Crippen molar-refractivity contribution >= 4 is 29.1 Å². The number of hydrogen-bond acceptors (Lipinski definition) is 4. The Morgan fingerprint density at radius 1 is 0.839 bits per heavy atom. The molecule has 0 saturated heterocycles. The molecule has 0 spiro atoms. The molecule has 6 nitrogen and oxygen atoms in total. The Morgan fingerprint density at radius 3 is 1.90 bits per heavy atom. The van der Waals surface area contributed by atoms with Crippen LogP contribution < -0.4 is 20.9 Å². The number of ether oxygens (including phenoxy) is 1. The molecule has 3 rings (SSSR count). The summed E-state index contributed by atoms with van der Waals surface area (Å²) < 4.78 is 5.36. The molecule has 0 radical (unpaired) electrons. The van der Waals surface area contributed by atoms with Crippen LogP contribution in [0.5, 0.6) is 5.75 Å². The predicted octanol–water partition coefficient (Wildman–Crippen LogP) is 3.55. The van der Waals surface area contributed by atoms with Gasteiger partial charge in [0.2, 0.25) is 5.91 Å². The highest BCUT2D eigenvalue weighted by molar-refractivity contribution is 7.80. The van der Waals surface area contributed by atoms with Crippen molar-refractivity contribution in [2.24, 2.45) is 0 Å². The van der Waals surface area contributed by atoms with Gasteiger partial charge in [0.15, 0.2) is 5.11 Å². The maximum absolute atomic E-state index is 12.9. The van der Waals surface area contributed by atoms with Gasteiger partial charge in [0.05, 0.1) is 12.5 Å². The molecule has 0 heterocycles. The summed E-state index contributed by atoms with van der Waals surface area (Å²) in [5.74, 6) is -0.535. The molecule has 3 aromatic rings. The van der Waals surface area contributed by atoms with Crippen molar-refractivity contribution in [3.05, 3.63) is 102 Å². The molecule has 0 fully saturated rings. The fraction of sp³-hybridized carbons (Fsp3) is 0.125. The maximum atomic E-state index is 12.9. The normalized spacial score (nSPS) is 10.3. The highest BCUT2D eigenvalue weighted by Crippen LogP contribution is 2.24. The molecular formula is C24H23N3O3S. The molecule has 7 heteroatoms. The summed E-state index contributed by atoms with van der Waals surface area (Å²) in [6.07, 6.45) is 0. The van der Waals surface area contributed by atoms with E-state index in [4.69, 9.17) is 17.0 Å². The van der Waals surface area contributed by atoms with Gasteiger partial charge in [-0.2, -0.15) is 0 Å². The Morgan fingerprint density at radius 2 is 1.39 bits per heavy atom. The lowest BCUT2D eigenvalue weighted by Crippen LogP contribution is -2.49. The summed E-state index contributed by atoms with van der Waals surface area (Å²) in [6, 6.07) is 25.6. The molecule has 0 aliphatic rings. The van der Waals surface area contributed by atoms with Crippen LogP contribution in [0.15, 0.2) is 84.9 Å². The molecule has 0 aliphatic heterocycles. The third-order valence-corrected chi connectivity index (χ3v) is 4.69. The molecule has 0 aliphatic carbocycles. The van der Waals surface area contributed by atoms with Gasteiger partial charge in [0.1, 0.15) is 5.75 Å². The van der Waals surface area contributed by atoms with E-state index in [0.29, 0.717) is 17.9 Å². The summed E-state index contributed by atoms with van der Waals surface area (Å²) in [6.45, 7) is 2.44. The molecule has 158 valence electrons. The minimum atomic E-state index is -0.528. The summed E-state index contributed by atoms with van der Waals surface area (Å²) in [4.78, 5) is 25.3. The zero-order valence-electron chi connectivity index (χ0n) is 17.0. The Hall–Kier alpha value is -3.71. The first-order valence-electron chi connectivity index (χ1n) is 9.82. The largest absolute Gasteiger partial charge is 0.494 e. The zero-order valence-corrected chi connectivity index (χ0v) is 17.8. The van der Waals surface area contributed by atoms with Crippen molar-refractivity contribution in [1.82, 2.24) is 16.2 Å². The van der Waals surface area contributed by atoms with E-state index >= 15 is 0 Å². The van der Waals surface area contributed by atoms with Crippen LogP contribution >= 0.6 is 12.2 Å². The molecule has 3 N–H and O–H groups in total. The first-order chi connectivity index (χ1) is 15.1. The van der Waals surface area contributed by atoms with Crippen LogP contribution in [0.3, 0.4) is 0 Å². The number of hydrazine groups is 1. The highest BCUT2D eigenvalue weighted by atomic mass is 32.1. The number of nitrogens with one attached hydrogen (secondary N) is 3. The fourth-order valence-electron chi connectivity index (χ4n) is 3.05. The van der Waals surface area contributed by atoms with E-state index < -0.39 is 11.8 Å². The first kappa shape index (κ1) is 22.0. The van der Waals surface area contributed by atoms with E-state index in [1.807, 2.05) is 67.6 Å². The van der Waals surface area contributed by atoms with Crippen LogP contribution in [0, 0.1) is 0 Å². The number of amides is 2. The first-order valence-corrected chi connectivity index (χ1v) is 10.2. The van der Waals surface area contributed by atoms with Gasteiger partial charge in [-0.05, 0) is 54.5 Å². The smallest absolute Gasteiger partial charge is 0.257 e. The van der Waals surface area contributed by atoms with E-state index in [9.17, 15) is 9.59 Å². The van der Waals surface area contributed by atoms with Gasteiger partial charge in [0.25, 0.3) is 5.91 Å². The second-order valence-corrected chi connectivity index (χ2v) is 7.02. The molecule has 0 atom stereocenters. The Kier molecular flexibility index (Phi) is 7.73. The standard InChI is InChI=1S/C24H23N3O3S/c1-2-30-20-15-13-19(14-16-20)22(28)25-24(31)27-26-23(29)21(17-9-5-3-6-10-17)18-11-7-4-8-12-18/h3-16,21H,2H2,1H3,(H,26,29)(H2,25,27,28,31). The van der Waals surface area contributed by atoms with Crippen LogP contribution in [-0.2, 0) is 4.79 Å². The molecular weight excluding hydrogens is 410 g/mol. The monoisotopic (exact) mass is 433 g/mol. The van der Waals surface area contributed by atoms with Gasteiger partial charge < -0.3 is 4.74 Å². The van der Waals surface area contributed by atoms with E-state index in [0.717, 1.165) is 11.1 Å². The number of thiocarbonyl (C=S) groups is 1. The van der Waals surface area contributed by atoms with Crippen molar-refractivity contribution in [2.45, 2.75) is 12.8 Å². The number of hydrogen-bond donors (Lipinski definition) is 3. The Bertz CT molecular complexity index is 985. The van der Waals surface area contributed by atoms with Crippen molar-refractivity contribution in [2.75, 3.05) is 6.61 Å². The van der Waals surface area contributed by atoms with Gasteiger partial charge in [0, 0.05) is 5.56 Å². The van der Waals surface area contributed by atoms with E-state index in [2.05, 4.69) is 16.2 Å². The number of carbonyl (C=O) groups is 2. The quantitative estimate of drug-likeness (QED) is 0.409. The molecule has 0 unspecified atom stereocenters. The summed E-state index contributed by atoms with van der Waals surface area (Å²) in [7, 11) is 0. The minimum Gasteiger partial charge on any atom is -0.494 e. The maximum Gasteiger partial charge on any atom is 0.257 e. The molecule has 0 aromatic heterocycles. The molecule has 0 bridgehead atoms. The van der Waals surface area contributed by atoms with E-state index in [1.165, 1.54) is 0 Å². The lowest BCUT2D eigenvalue weighted by molar-refractivity contribution is -0.122. The Labute approximate surface area is 186 Å². The Balaban J connectivity index is 1.61. The molecule has 0 saturated carbocycles. The lowest BCUT2D eigenvalue weighted by atomic mass is 9.91. The van der Waals surface area contributed by atoms with Gasteiger partial charge in [-0.1, -0.05) is 60.7 Å². The average Bonchev–Trinajstić information content (AvgIpc) is 2.80. The van der Waals surface area contributed by atoms with Crippen molar-refractivity contribution in [3.8, 4) is 5.75 Å². The minimum absolute atomic E-state index is 0.00731. The average molecular weight is 434 g/mol. The summed E-state index contributed by atoms with van der Waals surface area (Å²) in [5.41, 5.74) is 7.32. The predicted molar refractivity (Wildman–Crippen MR) is 124 cm³/mol. The third kappa shape index (κ3) is 6.13. The molecule has 3 aromatic carbocycles. The van der Waals surface area contributed by atoms with Crippen LogP contribution in [0.1, 0.15) is 34.3 Å². The highest BCUT2D eigenvalue weighted by Gasteiger charge is 2.22. The van der Waals surface area contributed by atoms with Gasteiger partial charge >= 0.3 is 0 Å². The van der Waals surface area contributed by atoms with E-state index in [-0.39, 0.29) is 11.0 Å². The molecule has 31 heavy (non-hydrogen) atoms. The second kappa shape index (κ2) is 10.9. The van der Waals surface area contributed by atoms with Gasteiger partial charge in [-0.3, -0.25) is 25.8 Å². The third-order valence-electron chi connectivity index (χ3n) is 4.48. The van der Waals surface area contributed by atoms with E-state index in [1.54, 1.807) is 24.3 Å². The van der Waals surface area contributed by atoms with Gasteiger partial charge in [-0.25, -0.2) is 0 Å². The zero-order chi connectivity index (χ0) is 22.1. The van der Waals surface area contributed by atoms with Crippen LogP contribution in [0.25, 0.3) is 0 Å².